The Kier molecular flexibility index (Phi) is 7.40. The maximum Gasteiger partial charge on any atom is 0.263 e. The van der Waals surface area contributed by atoms with Crippen LogP contribution in [-0.4, -0.2) is 81.9 Å². The summed E-state index contributed by atoms with van der Waals surface area (Å²) in [5.74, 6) is 0.0583. The number of ether oxygens (including phenoxy) is 1. The zero-order valence-corrected chi connectivity index (χ0v) is 18.0. The summed E-state index contributed by atoms with van der Waals surface area (Å²) in [5, 5.41) is 7.33. The van der Waals surface area contributed by atoms with Crippen molar-refractivity contribution in [2.45, 2.75) is 25.9 Å². The van der Waals surface area contributed by atoms with Crippen LogP contribution in [0.4, 0.5) is 5.95 Å². The number of anilines is 1. The molecular formula is C20H29N7O4. The first-order chi connectivity index (χ1) is 14.9. The SMILES string of the molecule is C=CCCOC(C)C(=O)N1CCC(=O)NCCN(c2nc3c(cnn3C)c(=O)[nH]2)CC1. The van der Waals surface area contributed by atoms with Gasteiger partial charge in [0, 0.05) is 46.2 Å². The predicted octanol–water partition coefficient (Wildman–Crippen LogP) is -0.207. The molecule has 0 aliphatic carbocycles. The Bertz CT molecular complexity index is 999. The van der Waals surface area contributed by atoms with Crippen LogP contribution in [0, 0.1) is 0 Å². The Morgan fingerprint density at radius 2 is 2.13 bits per heavy atom. The molecule has 2 aromatic heterocycles. The highest BCUT2D eigenvalue weighted by Crippen LogP contribution is 2.12. The number of aryl methyl sites for hydroxylation is 1. The zero-order chi connectivity index (χ0) is 22.4. The maximum atomic E-state index is 12.9. The first-order valence-electron chi connectivity index (χ1n) is 10.4. The lowest BCUT2D eigenvalue weighted by Gasteiger charge is -2.31. The molecule has 3 heterocycles. The van der Waals surface area contributed by atoms with Gasteiger partial charge in [-0.25, -0.2) is 0 Å². The number of nitrogens with one attached hydrogen (secondary N) is 2. The van der Waals surface area contributed by atoms with E-state index in [9.17, 15) is 14.4 Å². The molecule has 0 aromatic carbocycles. The fourth-order valence-electron chi connectivity index (χ4n) is 3.38. The van der Waals surface area contributed by atoms with E-state index in [2.05, 4.69) is 27.0 Å². The van der Waals surface area contributed by atoms with Crippen LogP contribution in [0.5, 0.6) is 0 Å². The molecule has 1 aliphatic rings. The van der Waals surface area contributed by atoms with Crippen LogP contribution in [0.2, 0.25) is 0 Å². The molecule has 0 radical (unpaired) electrons. The van der Waals surface area contributed by atoms with Gasteiger partial charge in [-0.2, -0.15) is 10.1 Å². The molecule has 0 saturated carbocycles. The van der Waals surface area contributed by atoms with Crippen LogP contribution in [0.3, 0.4) is 0 Å². The minimum Gasteiger partial charge on any atom is -0.368 e. The van der Waals surface area contributed by atoms with Crippen molar-refractivity contribution < 1.29 is 14.3 Å². The molecule has 31 heavy (non-hydrogen) atoms. The number of fused-ring (bicyclic) bond motifs is 1. The molecule has 1 aliphatic heterocycles. The number of aromatic amines is 1. The van der Waals surface area contributed by atoms with E-state index in [1.807, 2.05) is 4.90 Å². The number of rotatable bonds is 6. The number of amides is 2. The Labute approximate surface area is 180 Å². The zero-order valence-electron chi connectivity index (χ0n) is 18.0. The lowest BCUT2D eigenvalue weighted by molar-refractivity contribution is -0.142. The number of aromatic nitrogens is 4. The quantitative estimate of drug-likeness (QED) is 0.479. The van der Waals surface area contributed by atoms with Gasteiger partial charge < -0.3 is 19.9 Å². The Morgan fingerprint density at radius 1 is 1.32 bits per heavy atom. The van der Waals surface area contributed by atoms with Crippen molar-refractivity contribution in [3.8, 4) is 0 Å². The van der Waals surface area contributed by atoms with Gasteiger partial charge in [-0.1, -0.05) is 6.08 Å². The van der Waals surface area contributed by atoms with E-state index < -0.39 is 6.10 Å². The molecule has 168 valence electrons. The smallest absolute Gasteiger partial charge is 0.263 e. The Balaban J connectivity index is 1.79. The van der Waals surface area contributed by atoms with Crippen molar-refractivity contribution in [2.24, 2.45) is 7.05 Å². The van der Waals surface area contributed by atoms with E-state index in [-0.39, 0.29) is 23.8 Å². The molecule has 1 atom stereocenters. The van der Waals surface area contributed by atoms with Gasteiger partial charge in [-0.3, -0.25) is 24.0 Å². The number of hydrogen-bond acceptors (Lipinski definition) is 7. The van der Waals surface area contributed by atoms with Crippen molar-refractivity contribution in [3.05, 3.63) is 29.2 Å². The van der Waals surface area contributed by atoms with Gasteiger partial charge in [-0.15, -0.1) is 6.58 Å². The molecular weight excluding hydrogens is 402 g/mol. The van der Waals surface area contributed by atoms with Gasteiger partial charge in [0.2, 0.25) is 11.9 Å². The van der Waals surface area contributed by atoms with Crippen LogP contribution in [0.1, 0.15) is 19.8 Å². The van der Waals surface area contributed by atoms with Crippen LogP contribution in [0.15, 0.2) is 23.6 Å². The van der Waals surface area contributed by atoms with Crippen molar-refractivity contribution in [1.29, 1.82) is 0 Å². The molecule has 3 rings (SSSR count). The molecule has 0 bridgehead atoms. The number of H-pyrrole nitrogens is 1. The van der Waals surface area contributed by atoms with E-state index >= 15 is 0 Å². The standard InChI is InChI=1S/C20H29N7O4/c1-4-5-12-31-14(2)19(30)26-8-6-16(28)21-7-9-27(11-10-26)20-23-17-15(18(29)24-20)13-22-25(17)3/h4,13-14H,1,5-12H2,2-3H3,(H,21,28)(H,23,24,29). The van der Waals surface area contributed by atoms with Crippen molar-refractivity contribution in [3.63, 3.8) is 0 Å². The van der Waals surface area contributed by atoms with Crippen LogP contribution < -0.4 is 15.8 Å². The molecule has 2 aromatic rings. The molecule has 1 fully saturated rings. The first kappa shape index (κ1) is 22.5. The van der Waals surface area contributed by atoms with Crippen molar-refractivity contribution in [1.82, 2.24) is 30.0 Å². The summed E-state index contributed by atoms with van der Waals surface area (Å²) in [4.78, 5) is 48.3. The number of hydrogen-bond donors (Lipinski definition) is 2. The summed E-state index contributed by atoms with van der Waals surface area (Å²) >= 11 is 0. The Morgan fingerprint density at radius 3 is 2.90 bits per heavy atom. The highest BCUT2D eigenvalue weighted by molar-refractivity contribution is 5.82. The summed E-state index contributed by atoms with van der Waals surface area (Å²) in [6.45, 7) is 7.70. The fraction of sp³-hybridized carbons (Fsp3) is 0.550. The summed E-state index contributed by atoms with van der Waals surface area (Å²) in [5.41, 5.74) is 0.184. The lowest BCUT2D eigenvalue weighted by atomic mass is 10.2. The second-order valence-electron chi connectivity index (χ2n) is 7.40. The van der Waals surface area contributed by atoms with Gasteiger partial charge >= 0.3 is 0 Å². The van der Waals surface area contributed by atoms with Crippen LogP contribution in [0.25, 0.3) is 11.0 Å². The second kappa shape index (κ2) is 10.2. The van der Waals surface area contributed by atoms with Gasteiger partial charge in [0.1, 0.15) is 11.5 Å². The fourth-order valence-corrected chi connectivity index (χ4v) is 3.38. The van der Waals surface area contributed by atoms with Gasteiger partial charge in [-0.05, 0) is 13.3 Å². The van der Waals surface area contributed by atoms with Crippen molar-refractivity contribution >= 4 is 28.8 Å². The average molecular weight is 431 g/mol. The summed E-state index contributed by atoms with van der Waals surface area (Å²) in [6.07, 6.45) is 3.46. The van der Waals surface area contributed by atoms with Crippen LogP contribution in [-0.2, 0) is 21.4 Å². The minimum absolute atomic E-state index is 0.136. The third-order valence-corrected chi connectivity index (χ3v) is 5.19. The lowest BCUT2D eigenvalue weighted by Crippen LogP contribution is -2.48. The van der Waals surface area contributed by atoms with E-state index in [4.69, 9.17) is 4.74 Å². The first-order valence-corrected chi connectivity index (χ1v) is 10.4. The minimum atomic E-state index is -0.622. The molecule has 11 nitrogen and oxygen atoms in total. The summed E-state index contributed by atoms with van der Waals surface area (Å²) in [7, 11) is 1.72. The van der Waals surface area contributed by atoms with Crippen LogP contribution >= 0.6 is 0 Å². The topological polar surface area (TPSA) is 125 Å². The highest BCUT2D eigenvalue weighted by Gasteiger charge is 2.24. The molecule has 1 unspecified atom stereocenters. The van der Waals surface area contributed by atoms with Gasteiger partial charge in [0.25, 0.3) is 11.5 Å². The third kappa shape index (κ3) is 5.48. The normalized spacial score (nSPS) is 16.8. The van der Waals surface area contributed by atoms with E-state index in [1.165, 1.54) is 10.9 Å². The third-order valence-electron chi connectivity index (χ3n) is 5.19. The molecule has 2 N–H and O–H groups in total. The molecule has 2 amide bonds. The maximum absolute atomic E-state index is 12.9. The number of nitrogens with zero attached hydrogens (tertiary/aromatic N) is 5. The van der Waals surface area contributed by atoms with Crippen molar-refractivity contribution in [2.75, 3.05) is 44.2 Å². The number of carbonyl (C=O) groups is 2. The largest absolute Gasteiger partial charge is 0.368 e. The highest BCUT2D eigenvalue weighted by atomic mass is 16.5. The second-order valence-corrected chi connectivity index (χ2v) is 7.40. The van der Waals surface area contributed by atoms with Gasteiger partial charge in [0.05, 0.1) is 12.8 Å². The summed E-state index contributed by atoms with van der Waals surface area (Å²) < 4.78 is 7.12. The molecule has 11 heteroatoms. The number of carbonyl (C=O) groups excluding carboxylic acids is 2. The monoisotopic (exact) mass is 431 g/mol. The molecule has 0 spiro atoms. The molecule has 1 saturated heterocycles. The average Bonchev–Trinajstić information content (AvgIpc) is 3.13. The van der Waals surface area contributed by atoms with Gasteiger partial charge in [0.15, 0.2) is 5.65 Å². The predicted molar refractivity (Wildman–Crippen MR) is 116 cm³/mol. The van der Waals surface area contributed by atoms with E-state index in [1.54, 1.807) is 24.9 Å². The van der Waals surface area contributed by atoms with E-state index in [0.717, 1.165) is 0 Å². The Hall–Kier alpha value is -3.21. The van der Waals surface area contributed by atoms with E-state index in [0.29, 0.717) is 62.7 Å². The summed E-state index contributed by atoms with van der Waals surface area (Å²) in [6, 6.07) is 0.